The summed E-state index contributed by atoms with van der Waals surface area (Å²) >= 11 is 4.12. The van der Waals surface area contributed by atoms with Gasteiger partial charge in [-0.3, -0.25) is 9.98 Å². The van der Waals surface area contributed by atoms with Crippen LogP contribution >= 0.6 is 12.6 Å². The van der Waals surface area contributed by atoms with Gasteiger partial charge in [0.05, 0.1) is 17.1 Å². The van der Waals surface area contributed by atoms with Crippen LogP contribution in [0.1, 0.15) is 6.42 Å². The van der Waals surface area contributed by atoms with E-state index >= 15 is 0 Å². The predicted molar refractivity (Wildman–Crippen MR) is 72.0 cm³/mol. The van der Waals surface area contributed by atoms with Gasteiger partial charge in [0, 0.05) is 32.9 Å². The van der Waals surface area contributed by atoms with E-state index in [1.165, 1.54) is 6.08 Å². The monoisotopic (exact) mass is 241 g/mol. The Hall–Kier alpha value is -1.36. The zero-order chi connectivity index (χ0) is 12.2. The number of thiol groups is 1. The number of aliphatic imine (C=N–C) groups is 2. The maximum atomic E-state index is 12.0. The largest absolute Gasteiger partial charge is 0.381 e. The maximum absolute atomic E-state index is 12.0. The Kier molecular flexibility index (Phi) is 9.30. The first-order valence-electron chi connectivity index (χ1n) is 4.73. The highest BCUT2D eigenvalue weighted by Crippen LogP contribution is 2.08. The van der Waals surface area contributed by atoms with Crippen molar-refractivity contribution in [2.45, 2.75) is 6.42 Å². The third-order valence-electron chi connectivity index (χ3n) is 1.54. The van der Waals surface area contributed by atoms with E-state index in [1.54, 1.807) is 26.5 Å². The van der Waals surface area contributed by atoms with Crippen LogP contribution in [-0.4, -0.2) is 26.5 Å². The zero-order valence-electron chi connectivity index (χ0n) is 9.39. The molecule has 0 aromatic heterocycles. The minimum Gasteiger partial charge on any atom is -0.381 e. The summed E-state index contributed by atoms with van der Waals surface area (Å²) in [4.78, 5) is 7.87. The van der Waals surface area contributed by atoms with Crippen LogP contribution in [0, 0.1) is 0 Å². The molecule has 0 atom stereocenters. The summed E-state index contributed by atoms with van der Waals surface area (Å²) in [6, 6.07) is 0. The molecule has 0 aliphatic carbocycles. The summed E-state index contributed by atoms with van der Waals surface area (Å²) in [6.45, 7) is 0. The molecule has 0 radical (unpaired) electrons. The first kappa shape index (κ1) is 14.6. The van der Waals surface area contributed by atoms with Crippen LogP contribution in [0.2, 0.25) is 0 Å². The second-order valence-electron chi connectivity index (χ2n) is 2.66. The van der Waals surface area contributed by atoms with Crippen LogP contribution in [0.15, 0.2) is 45.3 Å². The molecule has 0 aliphatic rings. The standard InChI is InChI=1S/C11H16FN3S/c1-13-8-4-3-5-9-15-10(6-7-12)11(16)14-2/h3-4,6-9,14,16H,5H2,1-2H3/b4-3-,7-6+,11-10-,13-8-,15-9+. The maximum Gasteiger partial charge on any atom is 0.0943 e. The molecule has 5 heteroatoms. The van der Waals surface area contributed by atoms with Crippen molar-refractivity contribution in [3.8, 4) is 0 Å². The third kappa shape index (κ3) is 7.00. The lowest BCUT2D eigenvalue weighted by molar-refractivity contribution is 0.719. The Morgan fingerprint density at radius 1 is 1.50 bits per heavy atom. The molecule has 88 valence electrons. The molecule has 0 saturated heterocycles. The molecule has 0 bridgehead atoms. The first-order chi connectivity index (χ1) is 7.76. The quantitative estimate of drug-likeness (QED) is 0.418. The number of nitrogens with zero attached hydrogens (tertiary/aromatic N) is 2. The molecule has 0 spiro atoms. The number of halogens is 1. The van der Waals surface area contributed by atoms with Gasteiger partial charge in [-0.05, 0) is 12.2 Å². The molecule has 0 saturated carbocycles. The normalized spacial score (nSPS) is 14.5. The van der Waals surface area contributed by atoms with Crippen molar-refractivity contribution in [2.24, 2.45) is 9.98 Å². The lowest BCUT2D eigenvalue weighted by atomic mass is 10.4. The Morgan fingerprint density at radius 3 is 2.81 bits per heavy atom. The third-order valence-corrected chi connectivity index (χ3v) is 2.00. The van der Waals surface area contributed by atoms with Crippen LogP contribution in [0.5, 0.6) is 0 Å². The number of hydrogen-bond acceptors (Lipinski definition) is 4. The first-order valence-corrected chi connectivity index (χ1v) is 5.18. The highest BCUT2D eigenvalue weighted by molar-refractivity contribution is 7.84. The summed E-state index contributed by atoms with van der Waals surface area (Å²) in [6.07, 6.45) is 9.39. The molecule has 0 unspecified atom stereocenters. The van der Waals surface area contributed by atoms with Crippen molar-refractivity contribution in [1.29, 1.82) is 0 Å². The van der Waals surface area contributed by atoms with Gasteiger partial charge in [0.2, 0.25) is 0 Å². The van der Waals surface area contributed by atoms with Gasteiger partial charge in [-0.1, -0.05) is 6.08 Å². The molecular formula is C11H16FN3S. The molecule has 0 amide bonds. The van der Waals surface area contributed by atoms with Gasteiger partial charge in [0.15, 0.2) is 0 Å². The number of rotatable bonds is 6. The van der Waals surface area contributed by atoms with Gasteiger partial charge < -0.3 is 5.32 Å². The SMILES string of the molecule is C/N=C\C=C/C/C=N/C(/C=C/F)=C(\S)NC. The molecule has 16 heavy (non-hydrogen) atoms. The molecule has 0 fully saturated rings. The molecule has 0 heterocycles. The average molecular weight is 241 g/mol. The Bertz CT molecular complexity index is 330. The van der Waals surface area contributed by atoms with Crippen molar-refractivity contribution in [3.05, 3.63) is 35.3 Å². The highest BCUT2D eigenvalue weighted by Gasteiger charge is 1.94. The summed E-state index contributed by atoms with van der Waals surface area (Å²) in [7, 11) is 3.40. The van der Waals surface area contributed by atoms with E-state index in [1.807, 2.05) is 12.2 Å². The molecule has 0 rings (SSSR count). The van der Waals surface area contributed by atoms with E-state index in [2.05, 4.69) is 27.9 Å². The fourth-order valence-electron chi connectivity index (χ4n) is 0.808. The summed E-state index contributed by atoms with van der Waals surface area (Å²) in [5, 5.41) is 3.30. The average Bonchev–Trinajstić information content (AvgIpc) is 2.31. The molecule has 0 aromatic rings. The van der Waals surface area contributed by atoms with Crippen molar-refractivity contribution in [3.63, 3.8) is 0 Å². The molecule has 1 N–H and O–H groups in total. The van der Waals surface area contributed by atoms with Crippen LogP contribution < -0.4 is 5.32 Å². The van der Waals surface area contributed by atoms with Crippen molar-refractivity contribution in [2.75, 3.05) is 14.1 Å². The van der Waals surface area contributed by atoms with E-state index in [4.69, 9.17) is 0 Å². The van der Waals surface area contributed by atoms with Crippen molar-refractivity contribution in [1.82, 2.24) is 5.32 Å². The van der Waals surface area contributed by atoms with E-state index in [0.29, 0.717) is 23.5 Å². The smallest absolute Gasteiger partial charge is 0.0943 e. The fraction of sp³-hybridized carbons (Fsp3) is 0.273. The second-order valence-corrected chi connectivity index (χ2v) is 3.11. The molecule has 3 nitrogen and oxygen atoms in total. The lowest BCUT2D eigenvalue weighted by Crippen LogP contribution is -2.01. The van der Waals surface area contributed by atoms with Crippen molar-refractivity contribution >= 4 is 25.1 Å². The number of allylic oxidation sites excluding steroid dienone is 3. The predicted octanol–water partition coefficient (Wildman–Crippen LogP) is 2.51. The van der Waals surface area contributed by atoms with Gasteiger partial charge in [-0.2, -0.15) is 0 Å². The number of hydrogen-bond donors (Lipinski definition) is 2. The van der Waals surface area contributed by atoms with Gasteiger partial charge in [-0.25, -0.2) is 4.39 Å². The van der Waals surface area contributed by atoms with Gasteiger partial charge in [0.1, 0.15) is 0 Å². The second kappa shape index (κ2) is 10.2. The summed E-state index contributed by atoms with van der Waals surface area (Å²) in [5.74, 6) is 0. The van der Waals surface area contributed by atoms with E-state index in [-0.39, 0.29) is 0 Å². The Balaban J connectivity index is 4.37. The minimum absolute atomic E-state index is 0.430. The summed E-state index contributed by atoms with van der Waals surface area (Å²) < 4.78 is 12.0. The molecule has 0 aliphatic heterocycles. The number of nitrogens with one attached hydrogen (secondary N) is 1. The van der Waals surface area contributed by atoms with E-state index in [9.17, 15) is 4.39 Å². The van der Waals surface area contributed by atoms with E-state index < -0.39 is 0 Å². The zero-order valence-corrected chi connectivity index (χ0v) is 10.3. The fourth-order valence-corrected chi connectivity index (χ4v) is 0.941. The molecule has 0 aromatic carbocycles. The van der Waals surface area contributed by atoms with Crippen LogP contribution in [-0.2, 0) is 0 Å². The van der Waals surface area contributed by atoms with Crippen LogP contribution in [0.3, 0.4) is 0 Å². The highest BCUT2D eigenvalue weighted by atomic mass is 32.1. The summed E-state index contributed by atoms with van der Waals surface area (Å²) in [5.41, 5.74) is 0.450. The van der Waals surface area contributed by atoms with Crippen LogP contribution in [0.25, 0.3) is 0 Å². The Labute approximate surface area is 101 Å². The van der Waals surface area contributed by atoms with Gasteiger partial charge in [-0.15, -0.1) is 12.6 Å². The Morgan fingerprint density at radius 2 is 2.25 bits per heavy atom. The van der Waals surface area contributed by atoms with Crippen LogP contribution in [0.4, 0.5) is 4.39 Å². The topological polar surface area (TPSA) is 36.8 Å². The van der Waals surface area contributed by atoms with Gasteiger partial charge >= 0.3 is 0 Å². The van der Waals surface area contributed by atoms with Crippen molar-refractivity contribution < 1.29 is 4.39 Å². The van der Waals surface area contributed by atoms with E-state index in [0.717, 1.165) is 0 Å². The van der Waals surface area contributed by atoms with Gasteiger partial charge in [0.25, 0.3) is 0 Å². The lowest BCUT2D eigenvalue weighted by Gasteiger charge is -2.00. The minimum atomic E-state index is 0.430. The molecular weight excluding hydrogens is 225 g/mol.